The zero-order valence-corrected chi connectivity index (χ0v) is 82.9. The lowest BCUT2D eigenvalue weighted by Gasteiger charge is -2.31. The number of aromatic amines is 2. The first kappa shape index (κ1) is 119. The second-order valence-corrected chi connectivity index (χ2v) is 36.0. The van der Waals surface area contributed by atoms with Gasteiger partial charge in [0.05, 0.1) is 51.3 Å². The molecule has 0 bridgehead atoms. The lowest BCUT2D eigenvalue weighted by molar-refractivity contribution is -0.142. The Hall–Kier alpha value is -14.4. The summed E-state index contributed by atoms with van der Waals surface area (Å²) in [7, 11) is 0. The number of hydrogen-bond acceptors (Lipinski definition) is 30. The minimum absolute atomic E-state index is 0.000412. The molecule has 0 aliphatic carbocycles. The maximum absolute atomic E-state index is 15.0. The molecule has 31 N–H and O–H groups in total. The van der Waals surface area contributed by atoms with Crippen molar-refractivity contribution in [3.8, 4) is 5.75 Å². The highest BCUT2D eigenvalue weighted by molar-refractivity contribution is 7.80. The van der Waals surface area contributed by atoms with Crippen molar-refractivity contribution in [1.29, 1.82) is 0 Å². The van der Waals surface area contributed by atoms with E-state index in [1.165, 1.54) is 48.6 Å². The van der Waals surface area contributed by atoms with Crippen molar-refractivity contribution in [2.75, 3.05) is 63.9 Å². The Kier molecular flexibility index (Phi) is 49.6. The van der Waals surface area contributed by atoms with Gasteiger partial charge in [0, 0.05) is 79.1 Å². The number of imidazole rings is 1. The number of amides is 20. The number of carbonyl (C=O) groups excluding carboxylic acids is 20. The molecule has 20 amide bonds. The zero-order valence-electron chi connectivity index (χ0n) is 81.1. The number of thiol groups is 2. The molecular formula is C92H133N25O26S2. The average molecular weight is 2070 g/mol. The van der Waals surface area contributed by atoms with Crippen molar-refractivity contribution in [2.24, 2.45) is 29.0 Å². The molecule has 1 saturated heterocycles. The second kappa shape index (κ2) is 60.2. The standard InChI is InChI=1S/C92H133N25O26S2/c1-46(2)30-60(83(134)116-77(50(7)120)91(142)110-63(33-53-36-97-57-19-12-11-18-56(53)57)84(135)115-75(47(3)4)89(140)113-67(44-145)86(137)105-59(20-13-14-28-93)92(143)117-29-15-21-68(117)88(139)104-58(26-27-69(95)122)79(130)100-38-71(124)99-41-74(127)128)106-78(129)48(5)103-72(125)40-101-80(131)61(31-51-16-9-8-10-17-51)107-82(133)64(34-54-37-96-45-102-54)108-87(138)66(43-144)112-85(136)65(42-118)111-81(132)62(32-52-22-24-55(121)25-23-52)109-90(141)76(49(6)119)114-73(126)39-98-70(123)35-94/h8-12,16-19,22-25,36-37,45-50,58-68,75-77,97,118-121,144-145H,13-15,20-21,26-35,38-44,93-94H2,1-7H3,(H2,95,122)(H,96,102)(H,98,123)(H,99,124)(H,100,130)(H,101,131)(H,103,125)(H,104,139)(H,105,137)(H,106,129)(H,107,133)(H,108,138)(H,109,141)(H,110,142)(H,111,132)(H,112,136)(H,113,140)(H,114,126)(H,115,135)(H,116,134)(H,127,128)/t48-,49+,50+,58-,59-,60-,61-,62-,63-,64-,65-,66-,67-,68-,75-,76-,77-/m0/s1. The summed E-state index contributed by atoms with van der Waals surface area (Å²) in [5.41, 5.74) is 18.6. The summed E-state index contributed by atoms with van der Waals surface area (Å²) in [5, 5.41) is 95.8. The number of carboxylic acid groups (broad SMARTS) is 1. The Bertz CT molecular complexity index is 5290. The van der Waals surface area contributed by atoms with Crippen LogP contribution in [0.25, 0.3) is 10.9 Å². The Morgan fingerprint density at radius 3 is 1.50 bits per heavy atom. The molecule has 51 nitrogen and oxygen atoms in total. The molecule has 1 aliphatic heterocycles. The van der Waals surface area contributed by atoms with Gasteiger partial charge in [-0.25, -0.2) is 4.98 Å². The molecule has 5 aromatic rings. The topological polar surface area (TPSA) is 802 Å². The van der Waals surface area contributed by atoms with Crippen LogP contribution in [0.15, 0.2) is 97.6 Å². The van der Waals surface area contributed by atoms with Crippen LogP contribution in [-0.4, -0.2) is 336 Å². The lowest BCUT2D eigenvalue weighted by atomic mass is 9.99. The van der Waals surface area contributed by atoms with Gasteiger partial charge < -0.3 is 153 Å². The number of primary amides is 1. The number of aromatic nitrogens is 3. The lowest BCUT2D eigenvalue weighted by Crippen LogP contribution is -2.62. The van der Waals surface area contributed by atoms with Crippen LogP contribution in [0, 0.1) is 11.8 Å². The number of carboxylic acids is 1. The molecular weight excluding hydrogens is 1940 g/mol. The molecule has 53 heteroatoms. The molecule has 3 aromatic carbocycles. The number of aliphatic hydroxyl groups is 3. The van der Waals surface area contributed by atoms with Crippen molar-refractivity contribution in [1.82, 2.24) is 116 Å². The Morgan fingerprint density at radius 1 is 0.462 bits per heavy atom. The van der Waals surface area contributed by atoms with Gasteiger partial charge in [0.2, 0.25) is 118 Å². The van der Waals surface area contributed by atoms with Gasteiger partial charge in [0.25, 0.3) is 0 Å². The molecule has 3 heterocycles. The predicted octanol–water partition coefficient (Wildman–Crippen LogP) is -9.12. The number of H-pyrrole nitrogens is 2. The maximum atomic E-state index is 15.0. The predicted molar refractivity (Wildman–Crippen MR) is 526 cm³/mol. The fraction of sp³-hybridized carbons (Fsp3) is 0.522. The summed E-state index contributed by atoms with van der Waals surface area (Å²) < 4.78 is 0. The van der Waals surface area contributed by atoms with Gasteiger partial charge in [0.15, 0.2) is 0 Å². The number of aliphatic carboxylic acids is 1. The molecule has 0 unspecified atom stereocenters. The number of fused-ring (bicyclic) bond motifs is 1. The van der Waals surface area contributed by atoms with E-state index in [4.69, 9.17) is 22.3 Å². The molecule has 0 radical (unpaired) electrons. The number of para-hydroxylation sites is 1. The molecule has 0 saturated carbocycles. The first-order valence-corrected chi connectivity index (χ1v) is 48.1. The van der Waals surface area contributed by atoms with Crippen molar-refractivity contribution < 1.29 is 126 Å². The van der Waals surface area contributed by atoms with Crippen LogP contribution in [-0.2, 0) is 126 Å². The highest BCUT2D eigenvalue weighted by atomic mass is 32.1. The maximum Gasteiger partial charge on any atom is 0.322 e. The van der Waals surface area contributed by atoms with E-state index in [-0.39, 0.29) is 100 Å². The number of rotatable bonds is 61. The Labute approximate surface area is 844 Å². The quantitative estimate of drug-likeness (QED) is 0.0127. The Balaban J connectivity index is 1.12. The first-order chi connectivity index (χ1) is 68.8. The number of carbonyl (C=O) groups is 21. The van der Waals surface area contributed by atoms with E-state index in [1.807, 2.05) is 0 Å². The number of aliphatic hydroxyl groups excluding tert-OH is 3. The summed E-state index contributed by atoms with van der Waals surface area (Å²) in [5.74, 6) is -22.8. The molecule has 2 aromatic heterocycles. The molecule has 1 aliphatic rings. The average Bonchev–Trinajstić information content (AvgIpc) is 1.70. The van der Waals surface area contributed by atoms with E-state index in [1.54, 1.807) is 88.5 Å². The van der Waals surface area contributed by atoms with Crippen LogP contribution in [0.5, 0.6) is 5.75 Å². The number of hydrogen-bond donors (Lipinski definition) is 30. The number of nitrogens with one attached hydrogen (secondary N) is 20. The van der Waals surface area contributed by atoms with Crippen LogP contribution in [0.3, 0.4) is 0 Å². The van der Waals surface area contributed by atoms with Crippen molar-refractivity contribution in [2.45, 2.75) is 228 Å². The van der Waals surface area contributed by atoms with Gasteiger partial charge in [-0.15, -0.1) is 0 Å². The number of phenolic OH excluding ortho intramolecular Hbond substituents is 1. The van der Waals surface area contributed by atoms with Crippen LogP contribution in [0.2, 0.25) is 0 Å². The number of nitrogens with zero attached hydrogens (tertiary/aromatic N) is 2. The highest BCUT2D eigenvalue weighted by Crippen LogP contribution is 2.24. The fourth-order valence-corrected chi connectivity index (χ4v) is 15.5. The number of likely N-dealkylation sites (tertiary alicyclic amines) is 1. The van der Waals surface area contributed by atoms with Gasteiger partial charge in [-0.05, 0) is 119 Å². The van der Waals surface area contributed by atoms with Crippen molar-refractivity contribution >= 4 is 160 Å². The summed E-state index contributed by atoms with van der Waals surface area (Å²) in [6.07, 6.45) is -0.240. The number of unbranched alkanes of at least 4 members (excludes halogenated alkanes) is 1. The summed E-state index contributed by atoms with van der Waals surface area (Å²) in [6, 6.07) is -3.11. The summed E-state index contributed by atoms with van der Waals surface area (Å²) >= 11 is 8.62. The van der Waals surface area contributed by atoms with E-state index in [9.17, 15) is 121 Å². The third kappa shape index (κ3) is 39.7. The monoisotopic (exact) mass is 2070 g/mol. The molecule has 1 fully saturated rings. The van der Waals surface area contributed by atoms with E-state index >= 15 is 0 Å². The first-order valence-electron chi connectivity index (χ1n) is 46.8. The second-order valence-electron chi connectivity index (χ2n) is 35.3. The van der Waals surface area contributed by atoms with Gasteiger partial charge >= 0.3 is 5.97 Å². The smallest absolute Gasteiger partial charge is 0.322 e. The van der Waals surface area contributed by atoms with Gasteiger partial charge in [-0.1, -0.05) is 88.4 Å². The molecule has 145 heavy (non-hydrogen) atoms. The van der Waals surface area contributed by atoms with Gasteiger partial charge in [-0.2, -0.15) is 25.3 Å². The molecule has 6 rings (SSSR count). The van der Waals surface area contributed by atoms with E-state index in [0.717, 1.165) is 13.8 Å². The van der Waals surface area contributed by atoms with Gasteiger partial charge in [0.1, 0.15) is 103 Å². The Morgan fingerprint density at radius 2 is 0.938 bits per heavy atom. The highest BCUT2D eigenvalue weighted by Gasteiger charge is 2.43. The van der Waals surface area contributed by atoms with Crippen molar-refractivity contribution in [3.63, 3.8) is 0 Å². The van der Waals surface area contributed by atoms with Crippen molar-refractivity contribution in [3.05, 3.63) is 120 Å². The number of nitrogens with two attached hydrogens (primary N) is 3. The van der Waals surface area contributed by atoms with Crippen LogP contribution in [0.1, 0.15) is 122 Å². The van der Waals surface area contributed by atoms with E-state index in [0.29, 0.717) is 34.0 Å². The SMILES string of the molecule is CC(C)C[C@H](NC(=O)[C@H](C)NC(=O)CNC(=O)[C@H](Cc1ccccc1)NC(=O)[C@H](Cc1cnc[nH]1)NC(=O)[C@H](CS)NC(=O)[C@H](CO)NC(=O)[C@H](Cc1ccc(O)cc1)NC(=O)[C@@H](NC(=O)CNC(=O)CN)[C@@H](C)O)C(=O)N[C@H](C(=O)N[C@@H](Cc1c[nH]c2ccccc12)C(=O)N[C@H](C(=O)N[C@@H](CS)C(=O)N[C@@H](CCCCN)C(=O)N1CCC[C@H]1C(=O)N[C@@H](CCC(N)=O)C(=O)NCC(=O)NCC(=O)O)C(C)C)[C@@H](C)O. The van der Waals surface area contributed by atoms with Crippen LogP contribution in [0.4, 0.5) is 0 Å². The zero-order chi connectivity index (χ0) is 107. The molecule has 0 spiro atoms. The number of benzene rings is 3. The third-order valence-electron chi connectivity index (χ3n) is 22.8. The largest absolute Gasteiger partial charge is 0.508 e. The minimum atomic E-state index is -1.88. The number of phenols is 1. The normalized spacial score (nSPS) is 15.5. The minimum Gasteiger partial charge on any atom is -0.508 e. The fourth-order valence-electron chi connectivity index (χ4n) is 15.0. The molecule has 17 atom stereocenters. The summed E-state index contributed by atoms with van der Waals surface area (Å²) in [6.45, 7) is 5.72. The van der Waals surface area contributed by atoms with Gasteiger partial charge in [-0.3, -0.25) is 101 Å². The number of aromatic hydroxyl groups is 1. The van der Waals surface area contributed by atoms with E-state index < -0.39 is 284 Å². The van der Waals surface area contributed by atoms with Crippen LogP contribution < -0.4 is 113 Å². The summed E-state index contributed by atoms with van der Waals surface area (Å²) in [4.78, 5) is 299. The van der Waals surface area contributed by atoms with Crippen LogP contribution >= 0.6 is 25.3 Å². The molecule has 794 valence electrons. The third-order valence-corrected chi connectivity index (χ3v) is 23.6. The van der Waals surface area contributed by atoms with E-state index in [2.05, 4.69) is 136 Å².